The Morgan fingerprint density at radius 1 is 1.59 bits per heavy atom. The van der Waals surface area contributed by atoms with Crippen molar-refractivity contribution in [2.75, 3.05) is 5.32 Å². The second-order valence-corrected chi connectivity index (χ2v) is 6.66. The SMILES string of the molecule is Cc1nsc(NCc2ccc(Br)s2)c1C(=O)O. The van der Waals surface area contributed by atoms with E-state index in [-0.39, 0.29) is 5.56 Å². The molecule has 0 radical (unpaired) electrons. The van der Waals surface area contributed by atoms with Crippen molar-refractivity contribution in [3.63, 3.8) is 0 Å². The molecule has 0 saturated carbocycles. The van der Waals surface area contributed by atoms with Crippen molar-refractivity contribution >= 4 is 49.8 Å². The first kappa shape index (κ1) is 12.5. The minimum absolute atomic E-state index is 0.269. The van der Waals surface area contributed by atoms with Gasteiger partial charge in [0, 0.05) is 4.88 Å². The van der Waals surface area contributed by atoms with Crippen LogP contribution in [0.4, 0.5) is 5.00 Å². The lowest BCUT2D eigenvalue weighted by atomic mass is 10.2. The molecule has 2 aromatic heterocycles. The number of carboxylic acids is 1. The molecule has 2 heterocycles. The summed E-state index contributed by atoms with van der Waals surface area (Å²) in [6.45, 7) is 2.31. The minimum Gasteiger partial charge on any atom is -0.478 e. The Morgan fingerprint density at radius 3 is 2.94 bits per heavy atom. The van der Waals surface area contributed by atoms with Gasteiger partial charge in [-0.3, -0.25) is 0 Å². The van der Waals surface area contributed by atoms with Crippen LogP contribution in [0.1, 0.15) is 20.9 Å². The molecule has 0 aromatic carbocycles. The first-order valence-corrected chi connectivity index (χ1v) is 7.14. The fraction of sp³-hybridized carbons (Fsp3) is 0.200. The molecule has 0 aliphatic rings. The molecule has 0 aliphatic carbocycles. The molecular weight excluding hydrogens is 324 g/mol. The molecule has 0 fully saturated rings. The van der Waals surface area contributed by atoms with E-state index in [9.17, 15) is 4.79 Å². The highest BCUT2D eigenvalue weighted by Gasteiger charge is 2.17. The van der Waals surface area contributed by atoms with Gasteiger partial charge in [-0.2, -0.15) is 4.37 Å². The van der Waals surface area contributed by atoms with E-state index in [1.165, 1.54) is 11.5 Å². The third-order valence-electron chi connectivity index (χ3n) is 2.13. The van der Waals surface area contributed by atoms with Gasteiger partial charge in [0.15, 0.2) is 0 Å². The monoisotopic (exact) mass is 332 g/mol. The number of halogens is 1. The van der Waals surface area contributed by atoms with E-state index in [1.807, 2.05) is 12.1 Å². The van der Waals surface area contributed by atoms with Gasteiger partial charge in [-0.15, -0.1) is 11.3 Å². The maximum Gasteiger partial charge on any atom is 0.340 e. The van der Waals surface area contributed by atoms with Gasteiger partial charge in [0.05, 0.1) is 16.0 Å². The van der Waals surface area contributed by atoms with Crippen LogP contribution >= 0.6 is 38.8 Å². The molecule has 0 atom stereocenters. The van der Waals surface area contributed by atoms with Crippen LogP contribution < -0.4 is 5.32 Å². The van der Waals surface area contributed by atoms with Crippen LogP contribution in [-0.4, -0.2) is 15.4 Å². The van der Waals surface area contributed by atoms with E-state index in [2.05, 4.69) is 25.6 Å². The number of carboxylic acid groups (broad SMARTS) is 1. The molecule has 17 heavy (non-hydrogen) atoms. The van der Waals surface area contributed by atoms with Gasteiger partial charge in [0.2, 0.25) is 0 Å². The van der Waals surface area contributed by atoms with Crippen molar-refractivity contribution in [3.05, 3.63) is 32.1 Å². The molecule has 4 nitrogen and oxygen atoms in total. The average molecular weight is 333 g/mol. The first-order chi connectivity index (χ1) is 8.08. The summed E-state index contributed by atoms with van der Waals surface area (Å²) in [6, 6.07) is 3.97. The fourth-order valence-electron chi connectivity index (χ4n) is 1.36. The maximum absolute atomic E-state index is 11.0. The third kappa shape index (κ3) is 2.85. The highest BCUT2D eigenvalue weighted by Crippen LogP contribution is 2.27. The number of nitrogens with zero attached hydrogens (tertiary/aromatic N) is 1. The highest BCUT2D eigenvalue weighted by atomic mass is 79.9. The summed E-state index contributed by atoms with van der Waals surface area (Å²) >= 11 is 6.19. The first-order valence-electron chi connectivity index (χ1n) is 4.75. The van der Waals surface area contributed by atoms with E-state index >= 15 is 0 Å². The molecule has 0 amide bonds. The van der Waals surface area contributed by atoms with Gasteiger partial charge >= 0.3 is 5.97 Å². The van der Waals surface area contributed by atoms with Gasteiger partial charge < -0.3 is 10.4 Å². The zero-order valence-corrected chi connectivity index (χ0v) is 12.1. The van der Waals surface area contributed by atoms with Crippen LogP contribution in [0.25, 0.3) is 0 Å². The van der Waals surface area contributed by atoms with Gasteiger partial charge in [-0.05, 0) is 46.5 Å². The molecule has 7 heteroatoms. The summed E-state index contributed by atoms with van der Waals surface area (Å²) in [6.07, 6.45) is 0. The van der Waals surface area contributed by atoms with Gasteiger partial charge in [0.1, 0.15) is 10.6 Å². The summed E-state index contributed by atoms with van der Waals surface area (Å²) in [5.41, 5.74) is 0.822. The van der Waals surface area contributed by atoms with Crippen molar-refractivity contribution < 1.29 is 9.90 Å². The lowest BCUT2D eigenvalue weighted by molar-refractivity contribution is 0.0697. The van der Waals surface area contributed by atoms with Crippen LogP contribution in [0.15, 0.2) is 15.9 Å². The van der Waals surface area contributed by atoms with Gasteiger partial charge in [0.25, 0.3) is 0 Å². The van der Waals surface area contributed by atoms with Crippen LogP contribution in [-0.2, 0) is 6.54 Å². The number of aromatic nitrogens is 1. The van der Waals surface area contributed by atoms with Crippen molar-refractivity contribution in [2.45, 2.75) is 13.5 Å². The van der Waals surface area contributed by atoms with Crippen LogP contribution in [0.5, 0.6) is 0 Å². The Balaban J connectivity index is 2.11. The van der Waals surface area contributed by atoms with E-state index < -0.39 is 5.97 Å². The summed E-state index contributed by atoms with van der Waals surface area (Å²) < 4.78 is 5.11. The third-order valence-corrected chi connectivity index (χ3v) is 4.65. The number of hydrogen-bond donors (Lipinski definition) is 2. The van der Waals surface area contributed by atoms with E-state index in [0.29, 0.717) is 17.2 Å². The Morgan fingerprint density at radius 2 is 2.35 bits per heavy atom. The van der Waals surface area contributed by atoms with E-state index in [4.69, 9.17) is 5.11 Å². The fourth-order valence-corrected chi connectivity index (χ4v) is 3.56. The topological polar surface area (TPSA) is 62.2 Å². The van der Waals surface area contributed by atoms with Crippen molar-refractivity contribution in [1.29, 1.82) is 0 Å². The Bertz CT molecular complexity index is 550. The molecule has 0 aliphatic heterocycles. The second kappa shape index (κ2) is 5.16. The molecule has 90 valence electrons. The number of anilines is 1. The number of nitrogens with one attached hydrogen (secondary N) is 1. The number of aryl methyl sites for hydroxylation is 1. The number of thiophene rings is 1. The minimum atomic E-state index is -0.939. The predicted octanol–water partition coefficient (Wildman–Crippen LogP) is 3.59. The van der Waals surface area contributed by atoms with Crippen LogP contribution in [0.2, 0.25) is 0 Å². The summed E-state index contributed by atoms with van der Waals surface area (Å²) in [5, 5.41) is 12.8. The molecule has 2 rings (SSSR count). The van der Waals surface area contributed by atoms with Gasteiger partial charge in [-0.25, -0.2) is 4.79 Å². The summed E-state index contributed by atoms with van der Waals surface area (Å²) in [7, 11) is 0. The number of rotatable bonds is 4. The molecule has 0 unspecified atom stereocenters. The Hall–Kier alpha value is -0.920. The Labute approximate surface area is 115 Å². The van der Waals surface area contributed by atoms with E-state index in [1.54, 1.807) is 18.3 Å². The molecule has 0 spiro atoms. The predicted molar refractivity (Wildman–Crippen MR) is 73.2 cm³/mol. The summed E-state index contributed by atoms with van der Waals surface area (Å²) in [5.74, 6) is -0.939. The molecule has 2 N–H and O–H groups in total. The number of carbonyl (C=O) groups is 1. The van der Waals surface area contributed by atoms with Crippen molar-refractivity contribution in [1.82, 2.24) is 4.37 Å². The molecule has 2 aromatic rings. The second-order valence-electron chi connectivity index (χ2n) is 3.34. The van der Waals surface area contributed by atoms with Crippen molar-refractivity contribution in [3.8, 4) is 0 Å². The standard InChI is InChI=1S/C10H9BrN2O2S2/c1-5-8(10(14)15)9(17-13-5)12-4-6-2-3-7(11)16-6/h2-3,12H,4H2,1H3,(H,14,15). The molecular formula is C10H9BrN2O2S2. The van der Waals surface area contributed by atoms with E-state index in [0.717, 1.165) is 8.66 Å². The number of hydrogen-bond acceptors (Lipinski definition) is 5. The van der Waals surface area contributed by atoms with Crippen molar-refractivity contribution in [2.24, 2.45) is 0 Å². The Kier molecular flexibility index (Phi) is 3.80. The molecule has 0 bridgehead atoms. The lowest BCUT2D eigenvalue weighted by Gasteiger charge is -2.02. The van der Waals surface area contributed by atoms with Gasteiger partial charge in [-0.1, -0.05) is 0 Å². The van der Waals surface area contributed by atoms with Crippen LogP contribution in [0.3, 0.4) is 0 Å². The summed E-state index contributed by atoms with van der Waals surface area (Å²) in [4.78, 5) is 12.2. The average Bonchev–Trinajstić information content (AvgIpc) is 2.82. The molecule has 0 saturated heterocycles. The zero-order chi connectivity index (χ0) is 12.4. The lowest BCUT2D eigenvalue weighted by Crippen LogP contribution is -2.04. The zero-order valence-electron chi connectivity index (χ0n) is 8.86. The largest absolute Gasteiger partial charge is 0.478 e. The quantitative estimate of drug-likeness (QED) is 0.898. The normalized spacial score (nSPS) is 10.5. The highest BCUT2D eigenvalue weighted by molar-refractivity contribution is 9.11. The maximum atomic E-state index is 11.0. The smallest absolute Gasteiger partial charge is 0.340 e. The number of aromatic carboxylic acids is 1. The van der Waals surface area contributed by atoms with Crippen LogP contribution in [0, 0.1) is 6.92 Å².